The molecule has 0 aromatic carbocycles. The van der Waals surface area contributed by atoms with E-state index in [4.69, 9.17) is 0 Å². The van der Waals surface area contributed by atoms with E-state index in [0.29, 0.717) is 5.41 Å². The Morgan fingerprint density at radius 2 is 1.93 bits per heavy atom. The largest absolute Gasteiger partial charge is 0.315 e. The van der Waals surface area contributed by atoms with Crippen LogP contribution in [0.3, 0.4) is 0 Å². The first-order chi connectivity index (χ1) is 6.66. The van der Waals surface area contributed by atoms with E-state index in [0.717, 1.165) is 13.1 Å². The molecule has 0 unspecified atom stereocenters. The smallest absolute Gasteiger partial charge is 0.0104 e. The predicted molar refractivity (Wildman–Crippen MR) is 62.6 cm³/mol. The molecule has 1 N–H and O–H groups in total. The SMILES string of the molecule is CCN(C)CCNCC1(C)CCCC1. The number of likely N-dealkylation sites (N-methyl/N-ethyl adjacent to an activating group) is 1. The van der Waals surface area contributed by atoms with Gasteiger partial charge in [0.1, 0.15) is 0 Å². The first kappa shape index (κ1) is 12.0. The molecule has 0 bridgehead atoms. The number of rotatable bonds is 6. The van der Waals surface area contributed by atoms with Crippen molar-refractivity contribution in [2.75, 3.05) is 33.2 Å². The third-order valence-corrected chi connectivity index (χ3v) is 3.57. The quantitative estimate of drug-likeness (QED) is 0.658. The summed E-state index contributed by atoms with van der Waals surface area (Å²) in [5.74, 6) is 0. The van der Waals surface area contributed by atoms with Crippen LogP contribution >= 0.6 is 0 Å². The van der Waals surface area contributed by atoms with Crippen LogP contribution in [0.2, 0.25) is 0 Å². The Hall–Kier alpha value is -0.0800. The average Bonchev–Trinajstić information content (AvgIpc) is 2.60. The highest BCUT2D eigenvalue weighted by Crippen LogP contribution is 2.36. The molecule has 0 heterocycles. The van der Waals surface area contributed by atoms with Crippen LogP contribution in [0.4, 0.5) is 0 Å². The van der Waals surface area contributed by atoms with Gasteiger partial charge in [0, 0.05) is 19.6 Å². The van der Waals surface area contributed by atoms with E-state index in [1.807, 2.05) is 0 Å². The lowest BCUT2D eigenvalue weighted by molar-refractivity contribution is 0.295. The Morgan fingerprint density at radius 1 is 1.29 bits per heavy atom. The molecule has 0 amide bonds. The van der Waals surface area contributed by atoms with Gasteiger partial charge < -0.3 is 10.2 Å². The van der Waals surface area contributed by atoms with Crippen LogP contribution in [0.15, 0.2) is 0 Å². The van der Waals surface area contributed by atoms with Crippen LogP contribution in [0.1, 0.15) is 39.5 Å². The second-order valence-corrected chi connectivity index (χ2v) is 5.09. The predicted octanol–water partition coefficient (Wildman–Crippen LogP) is 2.11. The van der Waals surface area contributed by atoms with Gasteiger partial charge in [-0.1, -0.05) is 26.7 Å². The Morgan fingerprint density at radius 3 is 2.50 bits per heavy atom. The molecule has 2 heteroatoms. The zero-order valence-electron chi connectivity index (χ0n) is 10.1. The monoisotopic (exact) mass is 198 g/mol. The van der Waals surface area contributed by atoms with Crippen molar-refractivity contribution in [2.45, 2.75) is 39.5 Å². The van der Waals surface area contributed by atoms with Crippen molar-refractivity contribution in [3.63, 3.8) is 0 Å². The fourth-order valence-corrected chi connectivity index (χ4v) is 2.22. The minimum absolute atomic E-state index is 0.602. The molecule has 84 valence electrons. The van der Waals surface area contributed by atoms with E-state index in [2.05, 4.69) is 31.1 Å². The molecule has 0 aliphatic heterocycles. The summed E-state index contributed by atoms with van der Waals surface area (Å²) in [6, 6.07) is 0. The maximum atomic E-state index is 3.59. The second-order valence-electron chi connectivity index (χ2n) is 5.09. The molecule has 2 nitrogen and oxygen atoms in total. The van der Waals surface area contributed by atoms with Crippen molar-refractivity contribution in [3.8, 4) is 0 Å². The first-order valence-corrected chi connectivity index (χ1v) is 6.05. The lowest BCUT2D eigenvalue weighted by Gasteiger charge is -2.24. The molecule has 1 aliphatic rings. The van der Waals surface area contributed by atoms with Gasteiger partial charge >= 0.3 is 0 Å². The molecule has 1 saturated carbocycles. The average molecular weight is 198 g/mol. The van der Waals surface area contributed by atoms with E-state index >= 15 is 0 Å². The van der Waals surface area contributed by atoms with Crippen molar-refractivity contribution in [1.29, 1.82) is 0 Å². The molecule has 0 aromatic rings. The molecule has 1 fully saturated rings. The van der Waals surface area contributed by atoms with Crippen molar-refractivity contribution in [1.82, 2.24) is 10.2 Å². The van der Waals surface area contributed by atoms with Gasteiger partial charge in [-0.3, -0.25) is 0 Å². The van der Waals surface area contributed by atoms with Crippen molar-refractivity contribution >= 4 is 0 Å². The Balaban J connectivity index is 2.03. The molecular weight excluding hydrogens is 172 g/mol. The molecule has 0 radical (unpaired) electrons. The normalized spacial score (nSPS) is 20.6. The highest BCUT2D eigenvalue weighted by molar-refractivity contribution is 4.82. The summed E-state index contributed by atoms with van der Waals surface area (Å²) < 4.78 is 0. The fraction of sp³-hybridized carbons (Fsp3) is 1.00. The summed E-state index contributed by atoms with van der Waals surface area (Å²) in [5.41, 5.74) is 0.602. The van der Waals surface area contributed by atoms with Gasteiger partial charge in [-0.05, 0) is 31.8 Å². The van der Waals surface area contributed by atoms with E-state index in [9.17, 15) is 0 Å². The lowest BCUT2D eigenvalue weighted by atomic mass is 9.89. The van der Waals surface area contributed by atoms with Gasteiger partial charge in [0.05, 0.1) is 0 Å². The molecule has 0 atom stereocenters. The van der Waals surface area contributed by atoms with Crippen LogP contribution in [0.25, 0.3) is 0 Å². The molecule has 0 spiro atoms. The molecule has 14 heavy (non-hydrogen) atoms. The van der Waals surface area contributed by atoms with Crippen molar-refractivity contribution in [2.24, 2.45) is 5.41 Å². The summed E-state index contributed by atoms with van der Waals surface area (Å²) in [6.45, 7) is 9.31. The zero-order chi connectivity index (χ0) is 10.4. The van der Waals surface area contributed by atoms with Crippen LogP contribution in [-0.2, 0) is 0 Å². The molecular formula is C12H26N2. The van der Waals surface area contributed by atoms with Crippen molar-refractivity contribution < 1.29 is 0 Å². The van der Waals surface area contributed by atoms with Gasteiger partial charge in [-0.25, -0.2) is 0 Å². The fourth-order valence-electron chi connectivity index (χ4n) is 2.22. The maximum Gasteiger partial charge on any atom is 0.0104 e. The first-order valence-electron chi connectivity index (χ1n) is 6.05. The number of hydrogen-bond donors (Lipinski definition) is 1. The number of nitrogens with one attached hydrogen (secondary N) is 1. The summed E-state index contributed by atoms with van der Waals surface area (Å²) in [5, 5.41) is 3.59. The minimum Gasteiger partial charge on any atom is -0.315 e. The second kappa shape index (κ2) is 5.72. The summed E-state index contributed by atoms with van der Waals surface area (Å²) in [4.78, 5) is 2.35. The summed E-state index contributed by atoms with van der Waals surface area (Å²) in [6.07, 6.45) is 5.72. The Bertz CT molecular complexity index is 150. The molecule has 1 rings (SSSR count). The van der Waals surface area contributed by atoms with E-state index in [1.54, 1.807) is 0 Å². The molecule has 1 aliphatic carbocycles. The Kier molecular flexibility index (Phi) is 4.90. The van der Waals surface area contributed by atoms with Gasteiger partial charge in [0.25, 0.3) is 0 Å². The van der Waals surface area contributed by atoms with Gasteiger partial charge in [0.2, 0.25) is 0 Å². The Labute approximate surface area is 89.1 Å². The lowest BCUT2D eigenvalue weighted by Crippen LogP contribution is -2.35. The highest BCUT2D eigenvalue weighted by atomic mass is 15.1. The van der Waals surface area contributed by atoms with Crippen LogP contribution in [-0.4, -0.2) is 38.1 Å². The highest BCUT2D eigenvalue weighted by Gasteiger charge is 2.27. The van der Waals surface area contributed by atoms with E-state index < -0.39 is 0 Å². The van der Waals surface area contributed by atoms with Gasteiger partial charge in [0.15, 0.2) is 0 Å². The van der Waals surface area contributed by atoms with Crippen LogP contribution in [0.5, 0.6) is 0 Å². The third kappa shape index (κ3) is 3.97. The van der Waals surface area contributed by atoms with E-state index in [-0.39, 0.29) is 0 Å². The third-order valence-electron chi connectivity index (χ3n) is 3.57. The van der Waals surface area contributed by atoms with Gasteiger partial charge in [-0.15, -0.1) is 0 Å². The topological polar surface area (TPSA) is 15.3 Å². The van der Waals surface area contributed by atoms with Crippen LogP contribution in [0, 0.1) is 5.41 Å². The summed E-state index contributed by atoms with van der Waals surface area (Å²) in [7, 11) is 2.18. The maximum absolute atomic E-state index is 3.59. The number of nitrogens with zero attached hydrogens (tertiary/aromatic N) is 1. The van der Waals surface area contributed by atoms with Crippen LogP contribution < -0.4 is 5.32 Å². The molecule has 0 aromatic heterocycles. The van der Waals surface area contributed by atoms with Crippen molar-refractivity contribution in [3.05, 3.63) is 0 Å². The molecule has 0 saturated heterocycles. The van der Waals surface area contributed by atoms with E-state index in [1.165, 1.54) is 38.8 Å². The zero-order valence-corrected chi connectivity index (χ0v) is 10.1. The minimum atomic E-state index is 0.602. The number of hydrogen-bond acceptors (Lipinski definition) is 2. The van der Waals surface area contributed by atoms with Gasteiger partial charge in [-0.2, -0.15) is 0 Å². The standard InChI is InChI=1S/C12H26N2/c1-4-14(3)10-9-13-11-12(2)7-5-6-8-12/h13H,4-11H2,1-3H3. The summed E-state index contributed by atoms with van der Waals surface area (Å²) >= 11 is 0.